The second-order valence-electron chi connectivity index (χ2n) is 5.95. The number of rotatable bonds is 3. The van der Waals surface area contributed by atoms with Gasteiger partial charge in [0.25, 0.3) is 5.92 Å². The van der Waals surface area contributed by atoms with Crippen LogP contribution in [-0.2, 0) is 6.18 Å². The number of pyridine rings is 1. The number of likely N-dealkylation sites (N-methyl/N-ethyl adjacent to an activating group) is 1. The molecule has 9 heteroatoms. The predicted molar refractivity (Wildman–Crippen MR) is 72.8 cm³/mol. The van der Waals surface area contributed by atoms with Gasteiger partial charge in [-0.1, -0.05) is 6.92 Å². The molecule has 1 aromatic rings. The quantitative estimate of drug-likeness (QED) is 0.851. The van der Waals surface area contributed by atoms with Crippen molar-refractivity contribution in [2.45, 2.75) is 31.5 Å². The summed E-state index contributed by atoms with van der Waals surface area (Å²) in [5.74, 6) is -4.58. The summed E-state index contributed by atoms with van der Waals surface area (Å²) in [6, 6.07) is 0.0652. The van der Waals surface area contributed by atoms with Gasteiger partial charge >= 0.3 is 6.18 Å². The third-order valence-corrected chi connectivity index (χ3v) is 3.97. The first-order valence-corrected chi connectivity index (χ1v) is 7.04. The third-order valence-electron chi connectivity index (χ3n) is 3.97. The smallest absolute Gasteiger partial charge is 0.366 e. The molecule has 2 atom stereocenters. The standard InChI is InChI=1S/C14H17F6N3/c1-8-4-13(16,17)7-23(2)11(8)6-22-12-10(15)3-9(5-21-12)14(18,19)20/h3,5,8,11H,4,6-7H2,1-2H3,(H,21,22). The van der Waals surface area contributed by atoms with Crippen LogP contribution in [0.5, 0.6) is 0 Å². The molecule has 0 saturated carbocycles. The molecular formula is C14H17F6N3. The zero-order valence-corrected chi connectivity index (χ0v) is 12.6. The molecular weight excluding hydrogens is 324 g/mol. The summed E-state index contributed by atoms with van der Waals surface area (Å²) in [6.45, 7) is 1.36. The van der Waals surface area contributed by atoms with E-state index < -0.39 is 30.0 Å². The van der Waals surface area contributed by atoms with E-state index in [1.54, 1.807) is 6.92 Å². The summed E-state index contributed by atoms with van der Waals surface area (Å²) in [6.07, 6.45) is -4.42. The van der Waals surface area contributed by atoms with Crippen molar-refractivity contribution in [1.82, 2.24) is 9.88 Å². The number of aromatic nitrogens is 1. The molecule has 1 aliphatic rings. The molecule has 1 saturated heterocycles. The summed E-state index contributed by atoms with van der Waals surface area (Å²) in [5, 5.41) is 2.61. The number of hydrogen-bond donors (Lipinski definition) is 1. The molecule has 3 nitrogen and oxygen atoms in total. The van der Waals surface area contributed by atoms with E-state index in [9.17, 15) is 26.3 Å². The van der Waals surface area contributed by atoms with Crippen molar-refractivity contribution in [2.24, 2.45) is 5.92 Å². The maximum Gasteiger partial charge on any atom is 0.417 e. The van der Waals surface area contributed by atoms with Crippen LogP contribution in [0.4, 0.5) is 32.2 Å². The minimum absolute atomic E-state index is 0.114. The fraction of sp³-hybridized carbons (Fsp3) is 0.643. The van der Waals surface area contributed by atoms with Gasteiger partial charge in [-0.2, -0.15) is 13.2 Å². The van der Waals surface area contributed by atoms with Crippen molar-refractivity contribution in [3.8, 4) is 0 Å². The van der Waals surface area contributed by atoms with Crippen LogP contribution in [0, 0.1) is 11.7 Å². The van der Waals surface area contributed by atoms with Gasteiger partial charge in [0.15, 0.2) is 11.6 Å². The van der Waals surface area contributed by atoms with Crippen LogP contribution in [0.2, 0.25) is 0 Å². The number of nitrogens with zero attached hydrogens (tertiary/aromatic N) is 2. The van der Waals surface area contributed by atoms with Crippen LogP contribution in [-0.4, -0.2) is 42.0 Å². The summed E-state index contributed by atoms with van der Waals surface area (Å²) in [4.78, 5) is 4.90. The first kappa shape index (κ1) is 17.8. The number of hydrogen-bond acceptors (Lipinski definition) is 3. The lowest BCUT2D eigenvalue weighted by atomic mass is 9.89. The molecule has 2 unspecified atom stereocenters. The molecule has 130 valence electrons. The van der Waals surface area contributed by atoms with Gasteiger partial charge in [-0.3, -0.25) is 4.90 Å². The zero-order chi connectivity index (χ0) is 17.4. The highest BCUT2D eigenvalue weighted by atomic mass is 19.4. The van der Waals surface area contributed by atoms with Gasteiger partial charge in [0, 0.05) is 25.2 Å². The minimum Gasteiger partial charge on any atom is -0.366 e. The van der Waals surface area contributed by atoms with Gasteiger partial charge in [0.1, 0.15) is 0 Å². The molecule has 0 bridgehead atoms. The van der Waals surface area contributed by atoms with Crippen molar-refractivity contribution in [3.05, 3.63) is 23.6 Å². The molecule has 1 fully saturated rings. The highest BCUT2D eigenvalue weighted by Gasteiger charge is 2.42. The van der Waals surface area contributed by atoms with Gasteiger partial charge in [-0.15, -0.1) is 0 Å². The highest BCUT2D eigenvalue weighted by Crippen LogP contribution is 2.34. The maximum absolute atomic E-state index is 13.7. The SMILES string of the molecule is CC1CC(F)(F)CN(C)C1CNc1ncc(C(F)(F)F)cc1F. The first-order valence-electron chi connectivity index (χ1n) is 7.04. The summed E-state index contributed by atoms with van der Waals surface area (Å²) in [7, 11) is 1.53. The van der Waals surface area contributed by atoms with Crippen LogP contribution in [0.1, 0.15) is 18.9 Å². The molecule has 0 aromatic carbocycles. The molecule has 1 aromatic heterocycles. The Labute approximate surface area is 129 Å². The van der Waals surface area contributed by atoms with E-state index in [0.717, 1.165) is 0 Å². The molecule has 0 amide bonds. The van der Waals surface area contributed by atoms with E-state index in [4.69, 9.17) is 0 Å². The Balaban J connectivity index is 2.04. The van der Waals surface area contributed by atoms with E-state index in [1.807, 2.05) is 0 Å². The Bertz CT molecular complexity index is 546. The normalized spacial score (nSPS) is 25.4. The Morgan fingerprint density at radius 1 is 1.39 bits per heavy atom. The highest BCUT2D eigenvalue weighted by molar-refractivity contribution is 5.38. The van der Waals surface area contributed by atoms with Crippen LogP contribution in [0.25, 0.3) is 0 Å². The van der Waals surface area contributed by atoms with E-state index in [-0.39, 0.29) is 30.7 Å². The Morgan fingerprint density at radius 2 is 2.04 bits per heavy atom. The number of anilines is 1. The number of nitrogens with one attached hydrogen (secondary N) is 1. The van der Waals surface area contributed by atoms with Crippen molar-refractivity contribution in [2.75, 3.05) is 25.5 Å². The molecule has 0 spiro atoms. The lowest BCUT2D eigenvalue weighted by molar-refractivity contribution is -0.138. The van der Waals surface area contributed by atoms with Crippen molar-refractivity contribution in [1.29, 1.82) is 0 Å². The van der Waals surface area contributed by atoms with Crippen LogP contribution >= 0.6 is 0 Å². The Morgan fingerprint density at radius 3 is 2.57 bits per heavy atom. The van der Waals surface area contributed by atoms with Crippen molar-refractivity contribution < 1.29 is 26.3 Å². The molecule has 0 aliphatic carbocycles. The van der Waals surface area contributed by atoms with Crippen molar-refractivity contribution in [3.63, 3.8) is 0 Å². The van der Waals surface area contributed by atoms with E-state index >= 15 is 0 Å². The Hall–Kier alpha value is -1.51. The lowest BCUT2D eigenvalue weighted by Gasteiger charge is -2.41. The second-order valence-corrected chi connectivity index (χ2v) is 5.95. The van der Waals surface area contributed by atoms with Gasteiger partial charge in [-0.25, -0.2) is 18.2 Å². The minimum atomic E-state index is -4.67. The van der Waals surface area contributed by atoms with Crippen LogP contribution in [0.15, 0.2) is 12.3 Å². The molecule has 23 heavy (non-hydrogen) atoms. The number of likely N-dealkylation sites (tertiary alicyclic amines) is 1. The topological polar surface area (TPSA) is 28.2 Å². The molecule has 0 radical (unpaired) electrons. The summed E-state index contributed by atoms with van der Waals surface area (Å²) >= 11 is 0. The van der Waals surface area contributed by atoms with Crippen molar-refractivity contribution >= 4 is 5.82 Å². The monoisotopic (exact) mass is 341 g/mol. The van der Waals surface area contributed by atoms with Gasteiger partial charge < -0.3 is 5.32 Å². The molecule has 2 rings (SSSR count). The molecule has 1 N–H and O–H groups in total. The van der Waals surface area contributed by atoms with Crippen LogP contribution < -0.4 is 5.32 Å². The van der Waals surface area contributed by atoms with E-state index in [0.29, 0.717) is 12.3 Å². The average Bonchev–Trinajstić information content (AvgIpc) is 2.36. The van der Waals surface area contributed by atoms with E-state index in [2.05, 4.69) is 10.3 Å². The van der Waals surface area contributed by atoms with Gasteiger partial charge in [-0.05, 0) is 19.0 Å². The lowest BCUT2D eigenvalue weighted by Crippen LogP contribution is -2.53. The maximum atomic E-state index is 13.7. The second kappa shape index (κ2) is 6.18. The average molecular weight is 341 g/mol. The Kier molecular flexibility index (Phi) is 4.79. The van der Waals surface area contributed by atoms with E-state index in [1.165, 1.54) is 11.9 Å². The van der Waals surface area contributed by atoms with Crippen LogP contribution in [0.3, 0.4) is 0 Å². The third kappa shape index (κ3) is 4.27. The summed E-state index contributed by atoms with van der Waals surface area (Å²) in [5.41, 5.74) is -1.18. The van der Waals surface area contributed by atoms with Gasteiger partial charge in [0.2, 0.25) is 0 Å². The number of halogens is 6. The number of piperidine rings is 1. The summed E-state index contributed by atoms with van der Waals surface area (Å²) < 4.78 is 77.9. The first-order chi connectivity index (χ1) is 10.5. The predicted octanol–water partition coefficient (Wildman–Crippen LogP) is 3.63. The fourth-order valence-corrected chi connectivity index (χ4v) is 2.87. The molecule has 2 heterocycles. The largest absolute Gasteiger partial charge is 0.417 e. The number of alkyl halides is 5. The fourth-order valence-electron chi connectivity index (χ4n) is 2.87. The molecule has 1 aliphatic heterocycles. The zero-order valence-electron chi connectivity index (χ0n) is 12.6. The van der Waals surface area contributed by atoms with Gasteiger partial charge in [0.05, 0.1) is 12.1 Å².